The highest BCUT2D eigenvalue weighted by molar-refractivity contribution is 5.72. The summed E-state index contributed by atoms with van der Waals surface area (Å²) >= 11 is 0. The molecule has 1 heterocycles. The third-order valence-electron chi connectivity index (χ3n) is 1.63. The molecule has 4 nitrogen and oxygen atoms in total. The molecule has 2 rings (SSSR count). The van der Waals surface area contributed by atoms with Crippen molar-refractivity contribution in [2.24, 2.45) is 0 Å². The second-order valence-corrected chi connectivity index (χ2v) is 2.80. The van der Waals surface area contributed by atoms with Crippen molar-refractivity contribution >= 4 is 11.0 Å². The average Bonchev–Trinajstić information content (AvgIpc) is 2.46. The topological polar surface area (TPSA) is 34.0 Å². The lowest BCUT2D eigenvalue weighted by molar-refractivity contribution is 0.563. The van der Waals surface area contributed by atoms with Gasteiger partial charge in [0.2, 0.25) is 0 Å². The van der Waals surface area contributed by atoms with E-state index < -0.39 is 0 Å². The summed E-state index contributed by atoms with van der Waals surface area (Å²) in [5, 5.41) is 10.3. The molecule has 0 fully saturated rings. The molecule has 1 aromatic heterocycles. The first-order chi connectivity index (χ1) is 5.77. The summed E-state index contributed by atoms with van der Waals surface area (Å²) < 4.78 is 0. The molecule has 0 spiro atoms. The first-order valence-electron chi connectivity index (χ1n) is 3.77. The molecule has 0 saturated carbocycles. The molecular weight excluding hydrogens is 152 g/mol. The second-order valence-electron chi connectivity index (χ2n) is 2.80. The van der Waals surface area contributed by atoms with Crippen LogP contribution >= 0.6 is 0 Å². The van der Waals surface area contributed by atoms with Gasteiger partial charge in [0.25, 0.3) is 0 Å². The van der Waals surface area contributed by atoms with Crippen molar-refractivity contribution in [3.05, 3.63) is 24.3 Å². The molecule has 0 aliphatic rings. The molecule has 4 heteroatoms. The zero-order valence-corrected chi connectivity index (χ0v) is 7.10. The maximum Gasteiger partial charge on any atom is 0.115 e. The van der Waals surface area contributed by atoms with Gasteiger partial charge in [-0.15, -0.1) is 10.2 Å². The fourth-order valence-corrected chi connectivity index (χ4v) is 1.03. The number of rotatable bonds is 1. The number of benzene rings is 1. The summed E-state index contributed by atoms with van der Waals surface area (Å²) in [5.41, 5.74) is 1.84. The highest BCUT2D eigenvalue weighted by atomic mass is 15.7. The zero-order chi connectivity index (χ0) is 8.55. The predicted octanol–water partition coefficient (Wildman–Crippen LogP) is 0.629. The van der Waals surface area contributed by atoms with Crippen LogP contribution in [-0.2, 0) is 0 Å². The third-order valence-corrected chi connectivity index (χ3v) is 1.63. The molecule has 12 heavy (non-hydrogen) atoms. The van der Waals surface area contributed by atoms with Gasteiger partial charge in [0, 0.05) is 14.1 Å². The van der Waals surface area contributed by atoms with E-state index in [2.05, 4.69) is 10.2 Å². The Hall–Kier alpha value is -1.58. The zero-order valence-electron chi connectivity index (χ0n) is 7.10. The lowest BCUT2D eigenvalue weighted by Gasteiger charge is -2.07. The minimum absolute atomic E-state index is 0.922. The standard InChI is InChI=1S/C8H10N4/c1-11(2)12-9-7-5-3-4-6-8(7)10-12/h3-6H,1-2H3. The third kappa shape index (κ3) is 1.01. The fraction of sp³-hybridized carbons (Fsp3) is 0.250. The molecular formula is C8H10N4. The van der Waals surface area contributed by atoms with Crippen molar-refractivity contribution in [1.29, 1.82) is 0 Å². The molecule has 0 aliphatic carbocycles. The summed E-state index contributed by atoms with van der Waals surface area (Å²) in [6.45, 7) is 0. The summed E-state index contributed by atoms with van der Waals surface area (Å²) in [7, 11) is 3.80. The summed E-state index contributed by atoms with van der Waals surface area (Å²) in [6.07, 6.45) is 0. The van der Waals surface area contributed by atoms with Crippen LogP contribution in [0.2, 0.25) is 0 Å². The van der Waals surface area contributed by atoms with E-state index in [0.717, 1.165) is 11.0 Å². The van der Waals surface area contributed by atoms with E-state index in [0.29, 0.717) is 0 Å². The van der Waals surface area contributed by atoms with Gasteiger partial charge in [0.1, 0.15) is 11.0 Å². The molecule has 0 unspecified atom stereocenters. The van der Waals surface area contributed by atoms with Crippen LogP contribution in [0.4, 0.5) is 0 Å². The van der Waals surface area contributed by atoms with Gasteiger partial charge in [-0.05, 0) is 12.1 Å². The normalized spacial score (nSPS) is 10.5. The Morgan fingerprint density at radius 2 is 1.58 bits per heavy atom. The maximum absolute atomic E-state index is 4.24. The Morgan fingerprint density at radius 1 is 1.08 bits per heavy atom. The molecule has 1 aromatic carbocycles. The molecule has 62 valence electrons. The van der Waals surface area contributed by atoms with Crippen LogP contribution in [0.3, 0.4) is 0 Å². The van der Waals surface area contributed by atoms with Gasteiger partial charge >= 0.3 is 0 Å². The Morgan fingerprint density at radius 3 is 2.00 bits per heavy atom. The van der Waals surface area contributed by atoms with E-state index in [1.54, 1.807) is 4.91 Å². The number of fused-ring (bicyclic) bond motifs is 1. The Kier molecular flexibility index (Phi) is 1.46. The van der Waals surface area contributed by atoms with Crippen LogP contribution < -0.4 is 5.01 Å². The van der Waals surface area contributed by atoms with Crippen molar-refractivity contribution in [2.45, 2.75) is 0 Å². The SMILES string of the molecule is CN(C)n1nc2ccccc2n1. The van der Waals surface area contributed by atoms with Gasteiger partial charge in [-0.3, -0.25) is 5.01 Å². The van der Waals surface area contributed by atoms with Crippen LogP contribution in [0.15, 0.2) is 24.3 Å². The molecule has 0 bridgehead atoms. The van der Waals surface area contributed by atoms with Crippen LogP contribution in [-0.4, -0.2) is 29.2 Å². The molecule has 0 radical (unpaired) electrons. The Balaban J connectivity index is 2.62. The van der Waals surface area contributed by atoms with Crippen molar-refractivity contribution < 1.29 is 0 Å². The van der Waals surface area contributed by atoms with Crippen LogP contribution in [0.1, 0.15) is 0 Å². The van der Waals surface area contributed by atoms with E-state index in [-0.39, 0.29) is 0 Å². The molecule has 2 aromatic rings. The summed E-state index contributed by atoms with van der Waals surface area (Å²) in [4.78, 5) is 1.57. The molecule has 0 amide bonds. The number of hydrogen-bond acceptors (Lipinski definition) is 3. The van der Waals surface area contributed by atoms with Crippen molar-refractivity contribution in [3.8, 4) is 0 Å². The van der Waals surface area contributed by atoms with Gasteiger partial charge in [-0.2, -0.15) is 0 Å². The first kappa shape index (κ1) is 7.09. The van der Waals surface area contributed by atoms with E-state index in [9.17, 15) is 0 Å². The second kappa shape index (κ2) is 2.48. The van der Waals surface area contributed by atoms with Gasteiger partial charge < -0.3 is 0 Å². The Bertz CT molecular complexity index is 358. The van der Waals surface area contributed by atoms with Crippen LogP contribution in [0.25, 0.3) is 11.0 Å². The number of hydrogen-bond donors (Lipinski definition) is 0. The molecule has 0 N–H and O–H groups in total. The molecule has 0 aliphatic heterocycles. The summed E-state index contributed by atoms with van der Waals surface area (Å²) in [5.74, 6) is 0. The fourth-order valence-electron chi connectivity index (χ4n) is 1.03. The van der Waals surface area contributed by atoms with E-state index in [1.165, 1.54) is 0 Å². The van der Waals surface area contributed by atoms with Crippen molar-refractivity contribution in [1.82, 2.24) is 15.1 Å². The first-order valence-corrected chi connectivity index (χ1v) is 3.77. The minimum Gasteiger partial charge on any atom is -0.286 e. The van der Waals surface area contributed by atoms with Crippen molar-refractivity contribution in [3.63, 3.8) is 0 Å². The highest BCUT2D eigenvalue weighted by Gasteiger charge is 2.00. The van der Waals surface area contributed by atoms with Gasteiger partial charge in [-0.25, -0.2) is 0 Å². The van der Waals surface area contributed by atoms with E-state index in [1.807, 2.05) is 43.4 Å². The van der Waals surface area contributed by atoms with E-state index in [4.69, 9.17) is 0 Å². The lowest BCUT2D eigenvalue weighted by Crippen LogP contribution is -2.27. The monoisotopic (exact) mass is 162 g/mol. The van der Waals surface area contributed by atoms with Gasteiger partial charge in [0.05, 0.1) is 0 Å². The van der Waals surface area contributed by atoms with Crippen LogP contribution in [0.5, 0.6) is 0 Å². The van der Waals surface area contributed by atoms with Gasteiger partial charge in [-0.1, -0.05) is 17.0 Å². The summed E-state index contributed by atoms with van der Waals surface area (Å²) in [6, 6.07) is 7.80. The smallest absolute Gasteiger partial charge is 0.115 e. The lowest BCUT2D eigenvalue weighted by atomic mass is 10.3. The molecule has 0 saturated heterocycles. The predicted molar refractivity (Wildman–Crippen MR) is 47.6 cm³/mol. The van der Waals surface area contributed by atoms with E-state index >= 15 is 0 Å². The average molecular weight is 162 g/mol. The molecule has 0 atom stereocenters. The number of aromatic nitrogens is 3. The quantitative estimate of drug-likeness (QED) is 0.616. The Labute approximate surface area is 70.4 Å². The largest absolute Gasteiger partial charge is 0.286 e. The van der Waals surface area contributed by atoms with Crippen molar-refractivity contribution in [2.75, 3.05) is 19.1 Å². The highest BCUT2D eigenvalue weighted by Crippen LogP contribution is 2.06. The van der Waals surface area contributed by atoms with Crippen LogP contribution in [0, 0.1) is 0 Å². The minimum atomic E-state index is 0.922. The van der Waals surface area contributed by atoms with Gasteiger partial charge in [0.15, 0.2) is 0 Å². The number of nitrogens with zero attached hydrogens (tertiary/aromatic N) is 4. The maximum atomic E-state index is 4.24.